The highest BCUT2D eigenvalue weighted by Gasteiger charge is 2.21. The van der Waals surface area contributed by atoms with Crippen molar-refractivity contribution in [3.8, 4) is 11.4 Å². The highest BCUT2D eigenvalue weighted by molar-refractivity contribution is 8.00. The molecule has 6 nitrogen and oxygen atoms in total. The molecule has 0 saturated heterocycles. The average Bonchev–Trinajstić information content (AvgIpc) is 2.67. The Bertz CT molecular complexity index is 1030. The van der Waals surface area contributed by atoms with Crippen molar-refractivity contribution in [2.75, 3.05) is 21.2 Å². The minimum Gasteiger partial charge on any atom is -0.497 e. The summed E-state index contributed by atoms with van der Waals surface area (Å²) in [6, 6.07) is 14.4. The van der Waals surface area contributed by atoms with E-state index in [1.807, 2.05) is 19.1 Å². The van der Waals surface area contributed by atoms with Crippen LogP contribution in [0.1, 0.15) is 6.92 Å². The maximum absolute atomic E-state index is 13.2. The maximum Gasteiger partial charge on any atom is 0.266 e. The summed E-state index contributed by atoms with van der Waals surface area (Å²) in [6.07, 6.45) is 0. The second kappa shape index (κ2) is 7.84. The number of hydrogen-bond acceptors (Lipinski definition) is 5. The minimum absolute atomic E-state index is 0.0383. The zero-order valence-corrected chi connectivity index (χ0v) is 16.5. The van der Waals surface area contributed by atoms with Gasteiger partial charge in [-0.05, 0) is 43.3 Å². The monoisotopic (exact) mass is 383 g/mol. The van der Waals surface area contributed by atoms with E-state index < -0.39 is 0 Å². The highest BCUT2D eigenvalue weighted by atomic mass is 32.2. The fraction of sp³-hybridized carbons (Fsp3) is 0.250. The van der Waals surface area contributed by atoms with Gasteiger partial charge in [-0.25, -0.2) is 4.98 Å². The van der Waals surface area contributed by atoms with Gasteiger partial charge >= 0.3 is 0 Å². The number of aromatic nitrogens is 2. The van der Waals surface area contributed by atoms with Gasteiger partial charge in [0.25, 0.3) is 5.56 Å². The Balaban J connectivity index is 2.17. The van der Waals surface area contributed by atoms with Gasteiger partial charge in [0.05, 0.1) is 29.0 Å². The molecule has 0 aliphatic carbocycles. The number of rotatable bonds is 5. The molecule has 3 aromatic rings. The molecule has 3 rings (SSSR count). The van der Waals surface area contributed by atoms with Gasteiger partial charge < -0.3 is 9.64 Å². The van der Waals surface area contributed by atoms with E-state index in [1.54, 1.807) is 62.2 Å². The first-order valence-corrected chi connectivity index (χ1v) is 9.34. The third kappa shape index (κ3) is 3.83. The quantitative estimate of drug-likeness (QED) is 0.501. The van der Waals surface area contributed by atoms with E-state index >= 15 is 0 Å². The molecule has 0 fully saturated rings. The van der Waals surface area contributed by atoms with Crippen LogP contribution in [0, 0.1) is 0 Å². The molecule has 0 N–H and O–H groups in total. The van der Waals surface area contributed by atoms with Crippen molar-refractivity contribution in [2.45, 2.75) is 17.3 Å². The van der Waals surface area contributed by atoms with Crippen LogP contribution in [0.4, 0.5) is 0 Å². The second-order valence-electron chi connectivity index (χ2n) is 6.24. The van der Waals surface area contributed by atoms with Gasteiger partial charge in [-0.1, -0.05) is 23.9 Å². The predicted octanol–water partition coefficient (Wildman–Crippen LogP) is 2.96. The number of hydrogen-bond donors (Lipinski definition) is 0. The van der Waals surface area contributed by atoms with Crippen LogP contribution in [0.25, 0.3) is 16.6 Å². The Hall–Kier alpha value is -2.80. The molecule has 2 aromatic carbocycles. The third-order valence-corrected chi connectivity index (χ3v) is 5.19. The van der Waals surface area contributed by atoms with Crippen molar-refractivity contribution in [1.29, 1.82) is 0 Å². The van der Waals surface area contributed by atoms with Crippen LogP contribution >= 0.6 is 11.8 Å². The molecule has 0 radical (unpaired) electrons. The van der Waals surface area contributed by atoms with Crippen molar-refractivity contribution in [1.82, 2.24) is 14.5 Å². The first-order chi connectivity index (χ1) is 12.9. The van der Waals surface area contributed by atoms with Crippen LogP contribution in [-0.2, 0) is 4.79 Å². The molecule has 0 unspecified atom stereocenters. The highest BCUT2D eigenvalue weighted by Crippen LogP contribution is 2.26. The molecule has 0 saturated carbocycles. The molecular formula is C20H21N3O3S. The second-order valence-corrected chi connectivity index (χ2v) is 7.55. The number of amides is 1. The summed E-state index contributed by atoms with van der Waals surface area (Å²) in [5, 5.41) is 0.633. The molecule has 1 heterocycles. The molecule has 0 aliphatic heterocycles. The summed E-state index contributed by atoms with van der Waals surface area (Å²) in [5.41, 5.74) is 1.11. The molecule has 1 aromatic heterocycles. The summed E-state index contributed by atoms with van der Waals surface area (Å²) in [7, 11) is 5.02. The van der Waals surface area contributed by atoms with Crippen molar-refractivity contribution in [3.63, 3.8) is 0 Å². The normalized spacial score (nSPS) is 12.0. The molecule has 1 amide bonds. The van der Waals surface area contributed by atoms with Gasteiger partial charge in [-0.15, -0.1) is 0 Å². The van der Waals surface area contributed by atoms with E-state index in [9.17, 15) is 9.59 Å². The Morgan fingerprint density at radius 2 is 1.81 bits per heavy atom. The lowest BCUT2D eigenvalue weighted by Gasteiger charge is -2.18. The first kappa shape index (κ1) is 19.0. The van der Waals surface area contributed by atoms with Crippen LogP contribution in [0.15, 0.2) is 58.5 Å². The lowest BCUT2D eigenvalue weighted by Crippen LogP contribution is -2.31. The molecular weight excluding hydrogens is 362 g/mol. The lowest BCUT2D eigenvalue weighted by molar-refractivity contribution is -0.127. The van der Waals surface area contributed by atoms with Crippen LogP contribution in [0.2, 0.25) is 0 Å². The van der Waals surface area contributed by atoms with Crippen molar-refractivity contribution < 1.29 is 9.53 Å². The molecule has 0 spiro atoms. The Morgan fingerprint density at radius 1 is 1.15 bits per heavy atom. The fourth-order valence-electron chi connectivity index (χ4n) is 2.72. The van der Waals surface area contributed by atoms with Crippen molar-refractivity contribution in [2.24, 2.45) is 0 Å². The summed E-state index contributed by atoms with van der Waals surface area (Å²) in [6.45, 7) is 1.81. The predicted molar refractivity (Wildman–Crippen MR) is 108 cm³/mol. The van der Waals surface area contributed by atoms with Gasteiger partial charge in [0.15, 0.2) is 5.16 Å². The first-order valence-electron chi connectivity index (χ1n) is 8.46. The van der Waals surface area contributed by atoms with E-state index in [0.29, 0.717) is 27.5 Å². The van der Waals surface area contributed by atoms with Crippen molar-refractivity contribution in [3.05, 3.63) is 58.9 Å². The number of carbonyl (C=O) groups is 1. The largest absolute Gasteiger partial charge is 0.497 e. The topological polar surface area (TPSA) is 64.4 Å². The Kier molecular flexibility index (Phi) is 5.51. The van der Waals surface area contributed by atoms with Gasteiger partial charge in [0, 0.05) is 14.1 Å². The standard InChI is InChI=1S/C20H21N3O3S/c1-13(18(24)22(2)3)27-20-21-17-8-6-5-7-16(17)19(25)23(20)14-9-11-15(26-4)12-10-14/h5-13H,1-4H3/t13-/m1/s1. The lowest BCUT2D eigenvalue weighted by atomic mass is 10.2. The number of fused-ring (bicyclic) bond motifs is 1. The van der Waals surface area contributed by atoms with E-state index in [-0.39, 0.29) is 16.7 Å². The number of nitrogens with zero attached hydrogens (tertiary/aromatic N) is 3. The summed E-state index contributed by atoms with van der Waals surface area (Å²) in [5.74, 6) is 0.662. The molecule has 140 valence electrons. The van der Waals surface area contributed by atoms with Crippen LogP contribution in [-0.4, -0.2) is 46.8 Å². The molecule has 0 aliphatic rings. The van der Waals surface area contributed by atoms with Crippen molar-refractivity contribution >= 4 is 28.6 Å². The molecule has 27 heavy (non-hydrogen) atoms. The Labute approximate surface area is 161 Å². The minimum atomic E-state index is -0.377. The van der Waals surface area contributed by atoms with Gasteiger partial charge in [0.2, 0.25) is 5.91 Å². The zero-order chi connectivity index (χ0) is 19.6. The van der Waals surface area contributed by atoms with Gasteiger partial charge in [-0.2, -0.15) is 0 Å². The number of thioether (sulfide) groups is 1. The number of ether oxygens (including phenoxy) is 1. The number of methoxy groups -OCH3 is 1. The van der Waals surface area contributed by atoms with E-state index in [2.05, 4.69) is 4.98 Å². The number of para-hydroxylation sites is 1. The number of benzene rings is 2. The average molecular weight is 383 g/mol. The van der Waals surface area contributed by atoms with Crippen LogP contribution < -0.4 is 10.3 Å². The van der Waals surface area contributed by atoms with Gasteiger partial charge in [-0.3, -0.25) is 14.2 Å². The fourth-order valence-corrected chi connectivity index (χ4v) is 3.80. The van der Waals surface area contributed by atoms with Crippen LogP contribution in [0.3, 0.4) is 0 Å². The zero-order valence-electron chi connectivity index (χ0n) is 15.7. The molecule has 7 heteroatoms. The summed E-state index contributed by atoms with van der Waals surface area (Å²) < 4.78 is 6.75. The van der Waals surface area contributed by atoms with E-state index in [4.69, 9.17) is 4.74 Å². The maximum atomic E-state index is 13.2. The van der Waals surface area contributed by atoms with E-state index in [1.165, 1.54) is 16.7 Å². The van der Waals surface area contributed by atoms with Gasteiger partial charge in [0.1, 0.15) is 5.75 Å². The smallest absolute Gasteiger partial charge is 0.266 e. The third-order valence-electron chi connectivity index (χ3n) is 4.15. The number of carbonyl (C=O) groups excluding carboxylic acids is 1. The van der Waals surface area contributed by atoms with E-state index in [0.717, 1.165) is 0 Å². The molecule has 0 bridgehead atoms. The van der Waals surface area contributed by atoms with Crippen LogP contribution in [0.5, 0.6) is 5.75 Å². The SMILES string of the molecule is COc1ccc(-n2c(S[C@H](C)C(=O)N(C)C)nc3ccccc3c2=O)cc1. The Morgan fingerprint density at radius 3 is 2.44 bits per heavy atom. The molecule has 1 atom stereocenters. The summed E-state index contributed by atoms with van der Waals surface area (Å²) in [4.78, 5) is 31.7. The summed E-state index contributed by atoms with van der Waals surface area (Å²) >= 11 is 1.27.